The van der Waals surface area contributed by atoms with Crippen LogP contribution in [-0.2, 0) is 0 Å². The quantitative estimate of drug-likeness (QED) is 0.674. The van der Waals surface area contributed by atoms with E-state index in [-0.39, 0.29) is 12.1 Å². The van der Waals surface area contributed by atoms with Gasteiger partial charge in [-0.25, -0.2) is 0 Å². The van der Waals surface area contributed by atoms with Crippen molar-refractivity contribution in [2.75, 3.05) is 7.05 Å². The Labute approximate surface area is 143 Å². The molecule has 0 saturated carbocycles. The van der Waals surface area contributed by atoms with Gasteiger partial charge in [0.05, 0.1) is 6.04 Å². The molecule has 0 radical (unpaired) electrons. The molecule has 2 heteroatoms. The molecule has 1 aliphatic heterocycles. The summed E-state index contributed by atoms with van der Waals surface area (Å²) in [5, 5.41) is 0. The molecule has 3 aromatic rings. The molecular formula is C22H20N2. The van der Waals surface area contributed by atoms with Crippen molar-refractivity contribution in [2.24, 2.45) is 4.99 Å². The van der Waals surface area contributed by atoms with Gasteiger partial charge in [0, 0.05) is 12.6 Å². The van der Waals surface area contributed by atoms with Crippen LogP contribution in [0.5, 0.6) is 0 Å². The van der Waals surface area contributed by atoms with E-state index in [1.807, 2.05) is 6.07 Å². The van der Waals surface area contributed by atoms with Crippen molar-refractivity contribution < 1.29 is 0 Å². The zero-order valence-corrected chi connectivity index (χ0v) is 13.7. The number of aliphatic imine (C=N–C) groups is 1. The third-order valence-electron chi connectivity index (χ3n) is 4.63. The molecule has 1 aliphatic rings. The molecule has 4 rings (SSSR count). The van der Waals surface area contributed by atoms with Gasteiger partial charge in [-0.1, -0.05) is 91.0 Å². The molecule has 0 saturated heterocycles. The third kappa shape index (κ3) is 2.61. The maximum Gasteiger partial charge on any atom is 0.131 e. The molecule has 118 valence electrons. The largest absolute Gasteiger partial charge is 0.350 e. The van der Waals surface area contributed by atoms with Crippen molar-refractivity contribution >= 4 is 5.84 Å². The van der Waals surface area contributed by atoms with Crippen LogP contribution in [0.25, 0.3) is 0 Å². The van der Waals surface area contributed by atoms with Crippen LogP contribution >= 0.6 is 0 Å². The first kappa shape index (κ1) is 14.7. The average molecular weight is 312 g/mol. The number of likely N-dealkylation sites (N-methyl/N-ethyl adjacent to an activating group) is 1. The van der Waals surface area contributed by atoms with Gasteiger partial charge in [0.2, 0.25) is 0 Å². The lowest BCUT2D eigenvalue weighted by Gasteiger charge is -2.27. The van der Waals surface area contributed by atoms with E-state index in [1.165, 1.54) is 16.7 Å². The minimum Gasteiger partial charge on any atom is -0.350 e. The van der Waals surface area contributed by atoms with Crippen LogP contribution < -0.4 is 0 Å². The van der Waals surface area contributed by atoms with Gasteiger partial charge in [-0.3, -0.25) is 4.99 Å². The molecule has 0 fully saturated rings. The second-order valence-corrected chi connectivity index (χ2v) is 6.14. The maximum absolute atomic E-state index is 5.11. The zero-order chi connectivity index (χ0) is 16.4. The van der Waals surface area contributed by atoms with Gasteiger partial charge in [0.1, 0.15) is 11.9 Å². The van der Waals surface area contributed by atoms with Crippen LogP contribution in [0.1, 0.15) is 28.8 Å². The van der Waals surface area contributed by atoms with E-state index in [4.69, 9.17) is 4.99 Å². The summed E-state index contributed by atoms with van der Waals surface area (Å²) >= 11 is 0. The highest BCUT2D eigenvalue weighted by molar-refractivity contribution is 6.00. The molecule has 0 spiro atoms. The fourth-order valence-corrected chi connectivity index (χ4v) is 3.47. The standard InChI is InChI=1S/C22H20N2/c1-24-21(18-13-7-3-8-14-18)20(17-11-5-2-6-12-17)23-22(24)19-15-9-4-10-16-19/h2-16,20-21H,1H3. The molecule has 0 N–H and O–H groups in total. The van der Waals surface area contributed by atoms with Crippen LogP contribution in [0, 0.1) is 0 Å². The summed E-state index contributed by atoms with van der Waals surface area (Å²) in [5.41, 5.74) is 3.71. The van der Waals surface area contributed by atoms with Crippen LogP contribution in [-0.4, -0.2) is 17.8 Å². The van der Waals surface area contributed by atoms with Crippen molar-refractivity contribution in [2.45, 2.75) is 12.1 Å². The number of nitrogens with zero attached hydrogens (tertiary/aromatic N) is 2. The summed E-state index contributed by atoms with van der Waals surface area (Å²) < 4.78 is 0. The molecule has 3 aromatic carbocycles. The van der Waals surface area contributed by atoms with Gasteiger partial charge < -0.3 is 4.90 Å². The molecule has 0 amide bonds. The lowest BCUT2D eigenvalue weighted by molar-refractivity contribution is 0.364. The summed E-state index contributed by atoms with van der Waals surface area (Å²) in [5.74, 6) is 1.05. The maximum atomic E-state index is 5.11. The highest BCUT2D eigenvalue weighted by Gasteiger charge is 2.36. The Bertz CT molecular complexity index is 826. The molecule has 0 bridgehead atoms. The Morgan fingerprint density at radius 2 is 1.17 bits per heavy atom. The second-order valence-electron chi connectivity index (χ2n) is 6.14. The summed E-state index contributed by atoms with van der Waals surface area (Å²) in [6.07, 6.45) is 0. The molecule has 24 heavy (non-hydrogen) atoms. The van der Waals surface area contributed by atoms with E-state index in [0.29, 0.717) is 0 Å². The topological polar surface area (TPSA) is 15.6 Å². The Balaban J connectivity index is 1.81. The average Bonchev–Trinajstić information content (AvgIpc) is 3.01. The first-order valence-electron chi connectivity index (χ1n) is 8.30. The second kappa shape index (κ2) is 6.32. The normalized spacial score (nSPS) is 20.0. The van der Waals surface area contributed by atoms with Crippen molar-refractivity contribution in [3.05, 3.63) is 108 Å². The van der Waals surface area contributed by atoms with E-state index in [2.05, 4.69) is 96.9 Å². The smallest absolute Gasteiger partial charge is 0.131 e. The first-order chi connectivity index (χ1) is 11.8. The van der Waals surface area contributed by atoms with Crippen LogP contribution in [0.3, 0.4) is 0 Å². The van der Waals surface area contributed by atoms with Crippen molar-refractivity contribution in [3.63, 3.8) is 0 Å². The number of hydrogen-bond donors (Lipinski definition) is 0. The van der Waals surface area contributed by atoms with E-state index >= 15 is 0 Å². The molecule has 0 aliphatic carbocycles. The number of hydrogen-bond acceptors (Lipinski definition) is 2. The molecule has 2 unspecified atom stereocenters. The predicted octanol–water partition coefficient (Wildman–Crippen LogP) is 4.86. The lowest BCUT2D eigenvalue weighted by atomic mass is 9.94. The monoisotopic (exact) mass is 312 g/mol. The number of rotatable bonds is 3. The Hall–Kier alpha value is -2.87. The molecule has 0 aromatic heterocycles. The third-order valence-corrected chi connectivity index (χ3v) is 4.63. The predicted molar refractivity (Wildman–Crippen MR) is 99.1 cm³/mol. The SMILES string of the molecule is CN1C(c2ccccc2)=NC(c2ccccc2)C1c1ccccc1. The fraction of sp³-hybridized carbons (Fsp3) is 0.136. The van der Waals surface area contributed by atoms with Gasteiger partial charge in [0.15, 0.2) is 0 Å². The van der Waals surface area contributed by atoms with Gasteiger partial charge in [0.25, 0.3) is 0 Å². The molecule has 1 heterocycles. The van der Waals surface area contributed by atoms with E-state index in [1.54, 1.807) is 0 Å². The Morgan fingerprint density at radius 1 is 0.667 bits per heavy atom. The summed E-state index contributed by atoms with van der Waals surface area (Å²) in [6.45, 7) is 0. The minimum atomic E-state index is 0.105. The van der Waals surface area contributed by atoms with Gasteiger partial charge in [-0.2, -0.15) is 0 Å². The van der Waals surface area contributed by atoms with E-state index in [0.717, 1.165) is 5.84 Å². The molecule has 2 nitrogen and oxygen atoms in total. The van der Waals surface area contributed by atoms with E-state index < -0.39 is 0 Å². The lowest BCUT2D eigenvalue weighted by Crippen LogP contribution is -2.28. The minimum absolute atomic E-state index is 0.105. The molecular weight excluding hydrogens is 292 g/mol. The number of amidine groups is 1. The van der Waals surface area contributed by atoms with Crippen LogP contribution in [0.4, 0.5) is 0 Å². The Kier molecular flexibility index (Phi) is 3.87. The van der Waals surface area contributed by atoms with Crippen LogP contribution in [0.2, 0.25) is 0 Å². The molecule has 2 atom stereocenters. The van der Waals surface area contributed by atoms with Gasteiger partial charge in [-0.15, -0.1) is 0 Å². The fourth-order valence-electron chi connectivity index (χ4n) is 3.47. The highest BCUT2D eigenvalue weighted by Crippen LogP contribution is 2.42. The highest BCUT2D eigenvalue weighted by atomic mass is 15.3. The van der Waals surface area contributed by atoms with Crippen LogP contribution in [0.15, 0.2) is 96.0 Å². The van der Waals surface area contributed by atoms with Gasteiger partial charge >= 0.3 is 0 Å². The van der Waals surface area contributed by atoms with Gasteiger partial charge in [-0.05, 0) is 11.1 Å². The van der Waals surface area contributed by atoms with E-state index in [9.17, 15) is 0 Å². The van der Waals surface area contributed by atoms with Crippen molar-refractivity contribution in [1.82, 2.24) is 4.90 Å². The summed E-state index contributed by atoms with van der Waals surface area (Å²) in [7, 11) is 2.15. The first-order valence-corrected chi connectivity index (χ1v) is 8.30. The Morgan fingerprint density at radius 3 is 1.75 bits per heavy atom. The summed E-state index contributed by atoms with van der Waals surface area (Å²) in [6, 6.07) is 32.0. The zero-order valence-electron chi connectivity index (χ0n) is 13.7. The number of benzene rings is 3. The van der Waals surface area contributed by atoms with Crippen molar-refractivity contribution in [3.8, 4) is 0 Å². The summed E-state index contributed by atoms with van der Waals surface area (Å²) in [4.78, 5) is 7.42. The van der Waals surface area contributed by atoms with Crippen molar-refractivity contribution in [1.29, 1.82) is 0 Å².